The van der Waals surface area contributed by atoms with Crippen molar-refractivity contribution >= 4 is 27.5 Å². The SMILES string of the molecule is Cc1cccc(C2NC(=O)c3c(Br)cccc3N2)c1. The van der Waals surface area contributed by atoms with Crippen LogP contribution in [0, 0.1) is 6.92 Å². The molecule has 2 aromatic rings. The fourth-order valence-electron chi connectivity index (χ4n) is 2.29. The number of rotatable bonds is 1. The molecule has 1 atom stereocenters. The number of hydrogen-bond acceptors (Lipinski definition) is 2. The molecule has 0 aliphatic carbocycles. The minimum absolute atomic E-state index is 0.0623. The summed E-state index contributed by atoms with van der Waals surface area (Å²) in [6, 6.07) is 13.8. The molecule has 1 aliphatic rings. The molecule has 96 valence electrons. The van der Waals surface area contributed by atoms with E-state index in [4.69, 9.17) is 0 Å². The third kappa shape index (κ3) is 2.24. The average molecular weight is 317 g/mol. The second-order valence-electron chi connectivity index (χ2n) is 4.63. The van der Waals surface area contributed by atoms with Gasteiger partial charge < -0.3 is 10.6 Å². The van der Waals surface area contributed by atoms with E-state index >= 15 is 0 Å². The van der Waals surface area contributed by atoms with E-state index in [-0.39, 0.29) is 12.1 Å². The van der Waals surface area contributed by atoms with E-state index in [0.717, 1.165) is 15.7 Å². The van der Waals surface area contributed by atoms with Gasteiger partial charge in [-0.1, -0.05) is 35.9 Å². The van der Waals surface area contributed by atoms with Crippen molar-refractivity contribution in [1.82, 2.24) is 5.32 Å². The van der Waals surface area contributed by atoms with E-state index in [1.165, 1.54) is 5.56 Å². The van der Waals surface area contributed by atoms with E-state index in [2.05, 4.69) is 32.6 Å². The van der Waals surface area contributed by atoms with Crippen molar-refractivity contribution in [3.05, 3.63) is 63.6 Å². The van der Waals surface area contributed by atoms with Crippen LogP contribution in [0.4, 0.5) is 5.69 Å². The monoisotopic (exact) mass is 316 g/mol. The van der Waals surface area contributed by atoms with Gasteiger partial charge in [0.25, 0.3) is 5.91 Å². The van der Waals surface area contributed by atoms with E-state index in [1.54, 1.807) is 0 Å². The number of hydrogen-bond donors (Lipinski definition) is 2. The summed E-state index contributed by atoms with van der Waals surface area (Å²) in [5.74, 6) is -0.0623. The summed E-state index contributed by atoms with van der Waals surface area (Å²) in [6.45, 7) is 2.04. The second-order valence-corrected chi connectivity index (χ2v) is 5.48. The van der Waals surface area contributed by atoms with Crippen molar-refractivity contribution in [2.75, 3.05) is 5.32 Å². The Morgan fingerprint density at radius 2 is 1.89 bits per heavy atom. The quantitative estimate of drug-likeness (QED) is 0.843. The van der Waals surface area contributed by atoms with Gasteiger partial charge in [-0.05, 0) is 40.5 Å². The topological polar surface area (TPSA) is 41.1 Å². The van der Waals surface area contributed by atoms with Gasteiger partial charge in [0.15, 0.2) is 0 Å². The fraction of sp³-hybridized carbons (Fsp3) is 0.133. The first-order valence-corrected chi connectivity index (χ1v) is 6.87. The molecule has 3 rings (SSSR count). The van der Waals surface area contributed by atoms with Gasteiger partial charge in [0.2, 0.25) is 0 Å². The van der Waals surface area contributed by atoms with Crippen LogP contribution in [-0.2, 0) is 0 Å². The lowest BCUT2D eigenvalue weighted by Crippen LogP contribution is -2.38. The van der Waals surface area contributed by atoms with Crippen LogP contribution in [0.25, 0.3) is 0 Å². The Morgan fingerprint density at radius 1 is 1.11 bits per heavy atom. The zero-order chi connectivity index (χ0) is 13.4. The zero-order valence-corrected chi connectivity index (χ0v) is 12.0. The molecule has 3 nitrogen and oxygen atoms in total. The van der Waals surface area contributed by atoms with E-state index in [9.17, 15) is 4.79 Å². The van der Waals surface area contributed by atoms with Gasteiger partial charge in [-0.3, -0.25) is 4.79 Å². The highest BCUT2D eigenvalue weighted by molar-refractivity contribution is 9.10. The number of anilines is 1. The van der Waals surface area contributed by atoms with Crippen LogP contribution in [0.1, 0.15) is 27.7 Å². The number of halogens is 1. The molecule has 1 amide bonds. The van der Waals surface area contributed by atoms with Crippen LogP contribution in [0.5, 0.6) is 0 Å². The second kappa shape index (κ2) is 4.70. The maximum Gasteiger partial charge on any atom is 0.256 e. The van der Waals surface area contributed by atoms with E-state index in [1.807, 2.05) is 43.3 Å². The number of fused-ring (bicyclic) bond motifs is 1. The molecule has 0 bridgehead atoms. The largest absolute Gasteiger partial charge is 0.361 e. The van der Waals surface area contributed by atoms with Crippen molar-refractivity contribution in [1.29, 1.82) is 0 Å². The van der Waals surface area contributed by atoms with E-state index in [0.29, 0.717) is 5.56 Å². The Morgan fingerprint density at radius 3 is 2.68 bits per heavy atom. The van der Waals surface area contributed by atoms with E-state index < -0.39 is 0 Å². The van der Waals surface area contributed by atoms with Gasteiger partial charge in [-0.2, -0.15) is 0 Å². The molecular weight excluding hydrogens is 304 g/mol. The molecule has 1 unspecified atom stereocenters. The molecule has 2 aromatic carbocycles. The summed E-state index contributed by atoms with van der Waals surface area (Å²) >= 11 is 3.41. The van der Waals surface area contributed by atoms with Gasteiger partial charge in [-0.25, -0.2) is 0 Å². The number of carbonyl (C=O) groups is 1. The van der Waals surface area contributed by atoms with Crippen LogP contribution in [0.2, 0.25) is 0 Å². The first kappa shape index (κ1) is 12.2. The molecule has 0 saturated heterocycles. The van der Waals surface area contributed by atoms with Gasteiger partial charge in [0.05, 0.1) is 5.56 Å². The van der Waals surface area contributed by atoms with Crippen LogP contribution in [-0.4, -0.2) is 5.91 Å². The zero-order valence-electron chi connectivity index (χ0n) is 10.4. The molecule has 4 heteroatoms. The van der Waals surface area contributed by atoms with Gasteiger partial charge in [0, 0.05) is 10.2 Å². The first-order chi connectivity index (χ1) is 9.15. The van der Waals surface area contributed by atoms with Gasteiger partial charge in [0.1, 0.15) is 6.17 Å². The maximum absolute atomic E-state index is 12.2. The molecule has 0 aromatic heterocycles. The molecule has 2 N–H and O–H groups in total. The number of nitrogens with one attached hydrogen (secondary N) is 2. The lowest BCUT2D eigenvalue weighted by molar-refractivity contribution is 0.0935. The highest BCUT2D eigenvalue weighted by atomic mass is 79.9. The smallest absolute Gasteiger partial charge is 0.256 e. The normalized spacial score (nSPS) is 17.4. The van der Waals surface area contributed by atoms with Gasteiger partial charge in [-0.15, -0.1) is 0 Å². The Balaban J connectivity index is 2.00. The summed E-state index contributed by atoms with van der Waals surface area (Å²) in [5.41, 5.74) is 3.74. The van der Waals surface area contributed by atoms with Gasteiger partial charge >= 0.3 is 0 Å². The molecule has 0 spiro atoms. The lowest BCUT2D eigenvalue weighted by atomic mass is 10.0. The average Bonchev–Trinajstić information content (AvgIpc) is 2.38. The summed E-state index contributed by atoms with van der Waals surface area (Å²) in [6.07, 6.45) is -0.186. The maximum atomic E-state index is 12.2. The minimum Gasteiger partial charge on any atom is -0.361 e. The van der Waals surface area contributed by atoms with Crippen molar-refractivity contribution in [2.24, 2.45) is 0 Å². The number of amides is 1. The first-order valence-electron chi connectivity index (χ1n) is 6.07. The minimum atomic E-state index is -0.186. The third-order valence-corrected chi connectivity index (χ3v) is 3.85. The molecular formula is C15H13BrN2O. The van der Waals surface area contributed by atoms with Crippen molar-refractivity contribution < 1.29 is 4.79 Å². The predicted molar refractivity (Wildman–Crippen MR) is 79.2 cm³/mol. The molecule has 1 aliphatic heterocycles. The summed E-state index contributed by atoms with van der Waals surface area (Å²) in [5, 5.41) is 6.33. The molecule has 1 heterocycles. The number of aryl methyl sites for hydroxylation is 1. The Bertz CT molecular complexity index is 654. The van der Waals surface area contributed by atoms with Crippen LogP contribution in [0.3, 0.4) is 0 Å². The van der Waals surface area contributed by atoms with Crippen molar-refractivity contribution in [3.63, 3.8) is 0 Å². The number of benzene rings is 2. The Labute approximate surface area is 120 Å². The molecule has 0 radical (unpaired) electrons. The Hall–Kier alpha value is -1.81. The fourth-order valence-corrected chi connectivity index (χ4v) is 2.83. The molecule has 19 heavy (non-hydrogen) atoms. The summed E-state index contributed by atoms with van der Waals surface area (Å²) in [4.78, 5) is 12.2. The Kier molecular flexibility index (Phi) is 3.03. The summed E-state index contributed by atoms with van der Waals surface area (Å²) in [7, 11) is 0. The van der Waals surface area contributed by atoms with Crippen molar-refractivity contribution in [3.8, 4) is 0 Å². The molecule has 0 saturated carbocycles. The van der Waals surface area contributed by atoms with Crippen LogP contribution < -0.4 is 10.6 Å². The third-order valence-electron chi connectivity index (χ3n) is 3.19. The van der Waals surface area contributed by atoms with Crippen LogP contribution in [0.15, 0.2) is 46.9 Å². The lowest BCUT2D eigenvalue weighted by Gasteiger charge is -2.28. The highest BCUT2D eigenvalue weighted by Gasteiger charge is 2.26. The van der Waals surface area contributed by atoms with Crippen molar-refractivity contribution in [2.45, 2.75) is 13.1 Å². The molecule has 0 fully saturated rings. The summed E-state index contributed by atoms with van der Waals surface area (Å²) < 4.78 is 0.803. The highest BCUT2D eigenvalue weighted by Crippen LogP contribution is 2.31. The van der Waals surface area contributed by atoms with Crippen LogP contribution >= 0.6 is 15.9 Å². The predicted octanol–water partition coefficient (Wildman–Crippen LogP) is 3.61. The number of carbonyl (C=O) groups excluding carboxylic acids is 1. The standard InChI is InChI=1S/C15H13BrN2O/c1-9-4-2-5-10(8-9)14-17-12-7-3-6-11(16)13(12)15(19)18-14/h2-8,14,17H,1H3,(H,18,19).